The molecule has 2 saturated heterocycles. The van der Waals surface area contributed by atoms with Gasteiger partial charge in [0.15, 0.2) is 0 Å². The van der Waals surface area contributed by atoms with Gasteiger partial charge in [-0.1, -0.05) is 60.7 Å². The van der Waals surface area contributed by atoms with Crippen LogP contribution in [0.4, 0.5) is 0 Å². The van der Waals surface area contributed by atoms with E-state index in [2.05, 4.69) is 46.2 Å². The molecule has 0 aliphatic carbocycles. The van der Waals surface area contributed by atoms with Crippen LogP contribution in [0.1, 0.15) is 42.3 Å². The van der Waals surface area contributed by atoms with E-state index < -0.39 is 0 Å². The minimum Gasteiger partial charge on any atom is -0.341 e. The van der Waals surface area contributed by atoms with Crippen LogP contribution in [-0.2, 0) is 4.79 Å². The van der Waals surface area contributed by atoms with Gasteiger partial charge in [-0.15, -0.1) is 12.4 Å². The van der Waals surface area contributed by atoms with Crippen LogP contribution in [0.5, 0.6) is 0 Å². The number of nitrogens with zero attached hydrogens (tertiary/aromatic N) is 2. The van der Waals surface area contributed by atoms with Gasteiger partial charge >= 0.3 is 0 Å². The number of piperidine rings is 1. The smallest absolute Gasteiger partial charge is 0.244 e. The molecule has 4 nitrogen and oxygen atoms in total. The van der Waals surface area contributed by atoms with Crippen LogP contribution in [0.2, 0.25) is 0 Å². The molecule has 28 heavy (non-hydrogen) atoms. The Morgan fingerprint density at radius 2 is 1.50 bits per heavy atom. The third-order valence-electron chi connectivity index (χ3n) is 6.00. The van der Waals surface area contributed by atoms with Gasteiger partial charge in [-0.3, -0.25) is 9.69 Å². The monoisotopic (exact) mass is 399 g/mol. The van der Waals surface area contributed by atoms with Crippen LogP contribution in [0.3, 0.4) is 0 Å². The number of carbonyl (C=O) groups is 1. The topological polar surface area (TPSA) is 49.6 Å². The van der Waals surface area contributed by atoms with Gasteiger partial charge in [-0.2, -0.15) is 0 Å². The van der Waals surface area contributed by atoms with E-state index in [4.69, 9.17) is 5.73 Å². The zero-order valence-corrected chi connectivity index (χ0v) is 17.1. The number of hydrogen-bond donors (Lipinski definition) is 1. The molecule has 2 aromatic carbocycles. The Morgan fingerprint density at radius 1 is 0.893 bits per heavy atom. The Hall–Kier alpha value is -1.88. The maximum atomic E-state index is 13.5. The lowest BCUT2D eigenvalue weighted by Gasteiger charge is -2.34. The lowest BCUT2D eigenvalue weighted by atomic mass is 9.95. The first-order chi connectivity index (χ1) is 13.2. The largest absolute Gasteiger partial charge is 0.341 e. The minimum atomic E-state index is -0.232. The standard InChI is InChI=1S/C23H29N3O.ClH/c24-21-17-26(16-20(21)18-10-4-1-5-11-18)22(19-12-6-2-7-13-19)23(27)25-14-8-3-9-15-25;/h1-2,4-7,10-13,20-22H,3,8-9,14-17,24H2;1H/t20-,21+,22?;/m0./s1. The van der Waals surface area contributed by atoms with Crippen LogP contribution in [0.15, 0.2) is 60.7 Å². The van der Waals surface area contributed by atoms with Crippen molar-refractivity contribution in [2.75, 3.05) is 26.2 Å². The Balaban J connectivity index is 0.00000225. The maximum Gasteiger partial charge on any atom is 0.244 e. The molecule has 2 aliphatic heterocycles. The summed E-state index contributed by atoms with van der Waals surface area (Å²) in [5.41, 5.74) is 8.88. The fraction of sp³-hybridized carbons (Fsp3) is 0.435. The van der Waals surface area contributed by atoms with Gasteiger partial charge in [0.25, 0.3) is 0 Å². The van der Waals surface area contributed by atoms with Gasteiger partial charge < -0.3 is 10.6 Å². The highest BCUT2D eigenvalue weighted by molar-refractivity contribution is 5.85. The average molecular weight is 400 g/mol. The van der Waals surface area contributed by atoms with Crippen LogP contribution in [0.25, 0.3) is 0 Å². The molecule has 2 aromatic rings. The third-order valence-corrected chi connectivity index (χ3v) is 6.00. The molecule has 1 unspecified atom stereocenters. The molecule has 0 aromatic heterocycles. The Morgan fingerprint density at radius 3 is 2.14 bits per heavy atom. The Kier molecular flexibility index (Phi) is 7.11. The number of rotatable bonds is 4. The number of hydrogen-bond acceptors (Lipinski definition) is 3. The number of nitrogens with two attached hydrogens (primary N) is 1. The molecule has 0 bridgehead atoms. The zero-order chi connectivity index (χ0) is 18.6. The second-order valence-electron chi connectivity index (χ2n) is 7.83. The molecule has 3 atom stereocenters. The van der Waals surface area contributed by atoms with Crippen molar-refractivity contribution >= 4 is 18.3 Å². The normalized spacial score (nSPS) is 23.8. The van der Waals surface area contributed by atoms with Crippen molar-refractivity contribution in [3.05, 3.63) is 71.8 Å². The highest BCUT2D eigenvalue weighted by atomic mass is 35.5. The number of amides is 1. The van der Waals surface area contributed by atoms with E-state index in [1.54, 1.807) is 0 Å². The molecule has 5 heteroatoms. The van der Waals surface area contributed by atoms with E-state index in [9.17, 15) is 4.79 Å². The molecule has 150 valence electrons. The zero-order valence-electron chi connectivity index (χ0n) is 16.2. The molecule has 2 N–H and O–H groups in total. The van der Waals surface area contributed by atoms with Crippen LogP contribution >= 0.6 is 12.4 Å². The summed E-state index contributed by atoms with van der Waals surface area (Å²) >= 11 is 0. The fourth-order valence-corrected chi connectivity index (χ4v) is 4.56. The third kappa shape index (κ3) is 4.40. The summed E-state index contributed by atoms with van der Waals surface area (Å²) < 4.78 is 0. The summed E-state index contributed by atoms with van der Waals surface area (Å²) in [6.07, 6.45) is 3.45. The van der Waals surface area contributed by atoms with Gasteiger partial charge in [0.2, 0.25) is 5.91 Å². The van der Waals surface area contributed by atoms with Crippen LogP contribution in [0, 0.1) is 0 Å². The average Bonchev–Trinajstić information content (AvgIpc) is 3.11. The van der Waals surface area contributed by atoms with Crippen molar-refractivity contribution in [2.45, 2.75) is 37.3 Å². The molecule has 1 amide bonds. The molecule has 0 radical (unpaired) electrons. The quantitative estimate of drug-likeness (QED) is 0.854. The fourth-order valence-electron chi connectivity index (χ4n) is 4.56. The Bertz CT molecular complexity index is 749. The van der Waals surface area contributed by atoms with Gasteiger partial charge in [-0.25, -0.2) is 0 Å². The van der Waals surface area contributed by atoms with Crippen LogP contribution < -0.4 is 5.73 Å². The van der Waals surface area contributed by atoms with E-state index >= 15 is 0 Å². The summed E-state index contributed by atoms with van der Waals surface area (Å²) in [6, 6.07) is 20.5. The lowest BCUT2D eigenvalue weighted by molar-refractivity contribution is -0.137. The van der Waals surface area contributed by atoms with Crippen molar-refractivity contribution < 1.29 is 4.79 Å². The predicted molar refractivity (Wildman–Crippen MR) is 116 cm³/mol. The number of benzene rings is 2. The molecule has 4 rings (SSSR count). The van der Waals surface area contributed by atoms with Gasteiger partial charge in [0.1, 0.15) is 6.04 Å². The number of carbonyl (C=O) groups excluding carboxylic acids is 1. The SMILES string of the molecule is Cl.N[C@@H]1CN(C(C(=O)N2CCCCC2)c2ccccc2)C[C@H]1c1ccccc1. The number of halogens is 1. The first-order valence-electron chi connectivity index (χ1n) is 10.1. The Labute approximate surface area is 174 Å². The first-order valence-corrected chi connectivity index (χ1v) is 10.1. The summed E-state index contributed by atoms with van der Waals surface area (Å²) in [5, 5.41) is 0. The highest BCUT2D eigenvalue weighted by Gasteiger charge is 2.39. The van der Waals surface area contributed by atoms with Crippen molar-refractivity contribution in [3.63, 3.8) is 0 Å². The second kappa shape index (κ2) is 9.55. The molecule has 2 heterocycles. The van der Waals surface area contributed by atoms with Gasteiger partial charge in [-0.05, 0) is 30.4 Å². The molecular weight excluding hydrogens is 370 g/mol. The molecule has 2 fully saturated rings. The van der Waals surface area contributed by atoms with Gasteiger partial charge in [0.05, 0.1) is 0 Å². The number of likely N-dealkylation sites (tertiary alicyclic amines) is 2. The summed E-state index contributed by atoms with van der Waals surface area (Å²) in [5.74, 6) is 0.508. The first kappa shape index (κ1) is 20.8. The minimum absolute atomic E-state index is 0. The van der Waals surface area contributed by atoms with E-state index in [1.807, 2.05) is 24.3 Å². The summed E-state index contributed by atoms with van der Waals surface area (Å²) in [6.45, 7) is 3.33. The lowest BCUT2D eigenvalue weighted by Crippen LogP contribution is -2.45. The van der Waals surface area contributed by atoms with E-state index in [0.29, 0.717) is 0 Å². The summed E-state index contributed by atoms with van der Waals surface area (Å²) in [7, 11) is 0. The van der Waals surface area contributed by atoms with Crippen molar-refractivity contribution in [2.24, 2.45) is 5.73 Å². The molecular formula is C23H30ClN3O. The second-order valence-corrected chi connectivity index (χ2v) is 7.83. The van der Waals surface area contributed by atoms with Crippen molar-refractivity contribution in [3.8, 4) is 0 Å². The van der Waals surface area contributed by atoms with Crippen molar-refractivity contribution in [1.82, 2.24) is 9.80 Å². The summed E-state index contributed by atoms with van der Waals surface area (Å²) in [4.78, 5) is 17.8. The van der Waals surface area contributed by atoms with E-state index in [-0.39, 0.29) is 36.3 Å². The van der Waals surface area contributed by atoms with E-state index in [1.165, 1.54) is 12.0 Å². The van der Waals surface area contributed by atoms with Crippen molar-refractivity contribution in [1.29, 1.82) is 0 Å². The van der Waals surface area contributed by atoms with Gasteiger partial charge in [0, 0.05) is 38.1 Å². The predicted octanol–water partition coefficient (Wildman–Crippen LogP) is 3.59. The molecule has 2 aliphatic rings. The molecule has 0 spiro atoms. The van der Waals surface area contributed by atoms with Crippen LogP contribution in [-0.4, -0.2) is 47.9 Å². The highest BCUT2D eigenvalue weighted by Crippen LogP contribution is 2.34. The maximum absolute atomic E-state index is 13.5. The molecule has 0 saturated carbocycles. The van der Waals surface area contributed by atoms with E-state index in [0.717, 1.165) is 44.6 Å².